The van der Waals surface area contributed by atoms with Crippen molar-refractivity contribution in [3.05, 3.63) is 27.8 Å². The molecule has 0 aromatic heterocycles. The van der Waals surface area contributed by atoms with Crippen LogP contribution in [0.4, 0.5) is 0 Å². The van der Waals surface area contributed by atoms with Crippen LogP contribution in [0.3, 0.4) is 0 Å². The topological polar surface area (TPSA) is 38.3 Å². The van der Waals surface area contributed by atoms with Crippen LogP contribution in [-0.2, 0) is 4.79 Å². The molecule has 0 saturated heterocycles. The molecule has 1 rings (SSSR count). The number of halogens is 1. The van der Waals surface area contributed by atoms with Gasteiger partial charge in [0.15, 0.2) is 6.10 Å². The molecular weight excluding hydrogens is 317 g/mol. The van der Waals surface area contributed by atoms with Crippen molar-refractivity contribution in [3.8, 4) is 18.1 Å². The van der Waals surface area contributed by atoms with Gasteiger partial charge < -0.3 is 10.1 Å². The Balaban J connectivity index is 2.58. The van der Waals surface area contributed by atoms with Gasteiger partial charge in [0.25, 0.3) is 5.91 Å². The summed E-state index contributed by atoms with van der Waals surface area (Å²) < 4.78 is 6.48. The van der Waals surface area contributed by atoms with Crippen LogP contribution in [0.15, 0.2) is 24.3 Å². The van der Waals surface area contributed by atoms with Crippen molar-refractivity contribution in [2.75, 3.05) is 6.54 Å². The molecule has 0 aliphatic carbocycles. The molecule has 1 aromatic rings. The lowest BCUT2D eigenvalue weighted by molar-refractivity contribution is -0.127. The van der Waals surface area contributed by atoms with Gasteiger partial charge in [-0.25, -0.2) is 0 Å². The molecule has 0 aliphatic rings. The number of carbonyl (C=O) groups excluding carboxylic acids is 1. The predicted octanol–water partition coefficient (Wildman–Crippen LogP) is 1.81. The zero-order valence-electron chi connectivity index (χ0n) is 8.87. The van der Waals surface area contributed by atoms with E-state index in [9.17, 15) is 4.79 Å². The number of rotatable bonds is 4. The molecule has 1 N–H and O–H groups in total. The van der Waals surface area contributed by atoms with E-state index >= 15 is 0 Å². The minimum Gasteiger partial charge on any atom is -0.480 e. The Hall–Kier alpha value is -1.22. The maximum atomic E-state index is 11.5. The molecule has 0 heterocycles. The van der Waals surface area contributed by atoms with E-state index in [1.807, 2.05) is 24.3 Å². The van der Waals surface area contributed by atoms with Crippen molar-refractivity contribution < 1.29 is 9.53 Å². The number of carbonyl (C=O) groups is 1. The monoisotopic (exact) mass is 329 g/mol. The number of hydrogen-bond acceptors (Lipinski definition) is 2. The quantitative estimate of drug-likeness (QED) is 0.676. The van der Waals surface area contributed by atoms with Gasteiger partial charge in [0, 0.05) is 0 Å². The number of benzene rings is 1. The summed E-state index contributed by atoms with van der Waals surface area (Å²) in [6, 6.07) is 7.52. The number of terminal acetylenes is 1. The van der Waals surface area contributed by atoms with Gasteiger partial charge in [0.05, 0.1) is 10.1 Å². The van der Waals surface area contributed by atoms with Crippen LogP contribution in [0.5, 0.6) is 5.75 Å². The molecule has 0 spiro atoms. The smallest absolute Gasteiger partial charge is 0.261 e. The fourth-order valence-corrected chi connectivity index (χ4v) is 1.58. The SMILES string of the molecule is C#CCNC(=O)C(C)Oc1ccccc1I. The van der Waals surface area contributed by atoms with Gasteiger partial charge in [-0.2, -0.15) is 0 Å². The van der Waals surface area contributed by atoms with Crippen molar-refractivity contribution in [1.29, 1.82) is 0 Å². The van der Waals surface area contributed by atoms with Gasteiger partial charge >= 0.3 is 0 Å². The van der Waals surface area contributed by atoms with E-state index < -0.39 is 6.10 Å². The normalized spacial score (nSPS) is 11.3. The van der Waals surface area contributed by atoms with E-state index in [1.165, 1.54) is 0 Å². The number of para-hydroxylation sites is 1. The van der Waals surface area contributed by atoms with Crippen LogP contribution >= 0.6 is 22.6 Å². The molecule has 3 nitrogen and oxygen atoms in total. The average Bonchev–Trinajstić information content (AvgIpc) is 2.28. The summed E-state index contributed by atoms with van der Waals surface area (Å²) in [6.45, 7) is 1.91. The lowest BCUT2D eigenvalue weighted by atomic mass is 10.3. The maximum absolute atomic E-state index is 11.5. The number of nitrogens with one attached hydrogen (secondary N) is 1. The molecule has 0 saturated carbocycles. The minimum absolute atomic E-state index is 0.211. The van der Waals surface area contributed by atoms with Crippen molar-refractivity contribution in [1.82, 2.24) is 5.32 Å². The summed E-state index contributed by atoms with van der Waals surface area (Å²) >= 11 is 2.16. The van der Waals surface area contributed by atoms with Gasteiger partial charge in [-0.3, -0.25) is 4.79 Å². The van der Waals surface area contributed by atoms with Crippen LogP contribution < -0.4 is 10.1 Å². The van der Waals surface area contributed by atoms with Gasteiger partial charge in [-0.1, -0.05) is 18.1 Å². The van der Waals surface area contributed by atoms with Crippen molar-refractivity contribution in [2.24, 2.45) is 0 Å². The third kappa shape index (κ3) is 3.74. The average molecular weight is 329 g/mol. The summed E-state index contributed by atoms with van der Waals surface area (Å²) in [4.78, 5) is 11.5. The highest BCUT2D eigenvalue weighted by molar-refractivity contribution is 14.1. The predicted molar refractivity (Wildman–Crippen MR) is 71.1 cm³/mol. The second-order valence-electron chi connectivity index (χ2n) is 3.11. The lowest BCUT2D eigenvalue weighted by Gasteiger charge is -2.14. The Kier molecular flexibility index (Phi) is 5.12. The Labute approximate surface area is 109 Å². The molecule has 1 aromatic carbocycles. The molecule has 84 valence electrons. The molecule has 1 amide bonds. The molecule has 1 atom stereocenters. The molecule has 0 aliphatic heterocycles. The van der Waals surface area contributed by atoms with Crippen LogP contribution in [-0.4, -0.2) is 18.6 Å². The highest BCUT2D eigenvalue weighted by atomic mass is 127. The second kappa shape index (κ2) is 6.38. The third-order valence-corrected chi connectivity index (χ3v) is 2.77. The first-order chi connectivity index (χ1) is 7.65. The fourth-order valence-electron chi connectivity index (χ4n) is 1.07. The number of ether oxygens (including phenoxy) is 1. The summed E-state index contributed by atoms with van der Waals surface area (Å²) in [6.07, 6.45) is 4.50. The number of hydrogen-bond donors (Lipinski definition) is 1. The molecule has 4 heteroatoms. The Morgan fingerprint density at radius 3 is 2.94 bits per heavy atom. The molecule has 0 fully saturated rings. The van der Waals surface area contributed by atoms with Gasteiger partial charge in [-0.15, -0.1) is 6.42 Å². The van der Waals surface area contributed by atoms with Crippen LogP contribution in [0, 0.1) is 15.9 Å². The summed E-state index contributed by atoms with van der Waals surface area (Å²) in [5, 5.41) is 2.57. The van der Waals surface area contributed by atoms with Crippen molar-refractivity contribution >= 4 is 28.5 Å². The molecule has 16 heavy (non-hydrogen) atoms. The van der Waals surface area contributed by atoms with E-state index in [4.69, 9.17) is 11.2 Å². The summed E-state index contributed by atoms with van der Waals surface area (Å²) in [7, 11) is 0. The number of amides is 1. The van der Waals surface area contributed by atoms with Crippen molar-refractivity contribution in [2.45, 2.75) is 13.0 Å². The van der Waals surface area contributed by atoms with Crippen molar-refractivity contribution in [3.63, 3.8) is 0 Å². The molecule has 0 radical (unpaired) electrons. The Morgan fingerprint density at radius 1 is 1.62 bits per heavy atom. The molecule has 1 unspecified atom stereocenters. The Morgan fingerprint density at radius 2 is 2.31 bits per heavy atom. The van der Waals surface area contributed by atoms with E-state index in [0.717, 1.165) is 3.57 Å². The minimum atomic E-state index is -0.552. The zero-order valence-corrected chi connectivity index (χ0v) is 11.0. The highest BCUT2D eigenvalue weighted by Crippen LogP contribution is 2.20. The van der Waals surface area contributed by atoms with E-state index in [0.29, 0.717) is 5.75 Å². The van der Waals surface area contributed by atoms with E-state index in [-0.39, 0.29) is 12.5 Å². The summed E-state index contributed by atoms with van der Waals surface area (Å²) in [5.41, 5.74) is 0. The first-order valence-electron chi connectivity index (χ1n) is 4.77. The Bertz CT molecular complexity index is 412. The van der Waals surface area contributed by atoms with E-state index in [1.54, 1.807) is 6.92 Å². The second-order valence-corrected chi connectivity index (χ2v) is 4.27. The lowest BCUT2D eigenvalue weighted by Crippen LogP contribution is -2.36. The molecule has 0 bridgehead atoms. The molecular formula is C12H12INO2. The maximum Gasteiger partial charge on any atom is 0.261 e. The standard InChI is InChI=1S/C12H12INO2/c1-3-8-14-12(15)9(2)16-11-7-5-4-6-10(11)13/h1,4-7,9H,8H2,2H3,(H,14,15). The van der Waals surface area contributed by atoms with E-state index in [2.05, 4.69) is 33.8 Å². The van der Waals surface area contributed by atoms with Gasteiger partial charge in [-0.05, 0) is 41.6 Å². The largest absolute Gasteiger partial charge is 0.480 e. The van der Waals surface area contributed by atoms with Crippen LogP contribution in [0.25, 0.3) is 0 Å². The van der Waals surface area contributed by atoms with Gasteiger partial charge in [0.1, 0.15) is 5.75 Å². The first kappa shape index (κ1) is 12.8. The highest BCUT2D eigenvalue weighted by Gasteiger charge is 2.14. The van der Waals surface area contributed by atoms with Crippen LogP contribution in [0.2, 0.25) is 0 Å². The van der Waals surface area contributed by atoms with Crippen LogP contribution in [0.1, 0.15) is 6.92 Å². The third-order valence-electron chi connectivity index (χ3n) is 1.87. The zero-order chi connectivity index (χ0) is 12.0. The first-order valence-corrected chi connectivity index (χ1v) is 5.85. The summed E-state index contributed by atoms with van der Waals surface area (Å²) in [5.74, 6) is 2.83. The van der Waals surface area contributed by atoms with Gasteiger partial charge in [0.2, 0.25) is 0 Å². The fraction of sp³-hybridized carbons (Fsp3) is 0.250.